The molecule has 2 aliphatic heterocycles. The molecule has 1 fully saturated rings. The molecule has 1 atom stereocenters. The van der Waals surface area contributed by atoms with Gasteiger partial charge in [0, 0.05) is 26.4 Å². The molecule has 4 rings (SSSR count). The second-order valence-corrected chi connectivity index (χ2v) is 8.85. The molecule has 0 saturated carbocycles. The molecular weight excluding hydrogens is 438 g/mol. The molecule has 2 heterocycles. The summed E-state index contributed by atoms with van der Waals surface area (Å²) in [5.41, 5.74) is 2.63. The normalized spacial score (nSPS) is 24.3. The predicted molar refractivity (Wildman–Crippen MR) is 109 cm³/mol. The van der Waals surface area contributed by atoms with Crippen molar-refractivity contribution in [2.24, 2.45) is 0 Å². The summed E-state index contributed by atoms with van der Waals surface area (Å²) < 4.78 is 0.844. The summed E-state index contributed by atoms with van der Waals surface area (Å²) in [4.78, 5) is 24.7. The Kier molecular flexibility index (Phi) is 4.25. The summed E-state index contributed by atoms with van der Waals surface area (Å²) in [7, 11) is 0. The number of hydrogen-bond acceptors (Lipinski definition) is 4. The number of thioether (sulfide) groups is 1. The van der Waals surface area contributed by atoms with Gasteiger partial charge in [-0.05, 0) is 49.4 Å². The van der Waals surface area contributed by atoms with E-state index in [2.05, 4.69) is 31.9 Å². The van der Waals surface area contributed by atoms with Gasteiger partial charge in [-0.2, -0.15) is 0 Å². The SMILES string of the molecule is CC1(Nc2ccc(Cl)cc2)NC(=O)C(=C2C(=O)Nc3ccc(Br)cc32)S1. The van der Waals surface area contributed by atoms with Crippen LogP contribution >= 0.6 is 39.3 Å². The first kappa shape index (κ1) is 17.5. The first-order valence-electron chi connectivity index (χ1n) is 7.75. The van der Waals surface area contributed by atoms with Crippen LogP contribution in [-0.4, -0.2) is 16.8 Å². The van der Waals surface area contributed by atoms with Gasteiger partial charge in [-0.1, -0.05) is 39.3 Å². The maximum atomic E-state index is 12.6. The molecule has 1 saturated heterocycles. The number of carbonyl (C=O) groups excluding carboxylic acids is 2. The van der Waals surface area contributed by atoms with Gasteiger partial charge in [0.05, 0.1) is 10.5 Å². The molecule has 8 heteroatoms. The van der Waals surface area contributed by atoms with E-state index in [1.54, 1.807) is 12.1 Å². The lowest BCUT2D eigenvalue weighted by Gasteiger charge is -2.25. The van der Waals surface area contributed by atoms with E-state index in [1.807, 2.05) is 37.3 Å². The first-order valence-corrected chi connectivity index (χ1v) is 9.74. The molecule has 1 unspecified atom stereocenters. The first-order chi connectivity index (χ1) is 12.3. The molecule has 2 amide bonds. The Morgan fingerprint density at radius 3 is 2.58 bits per heavy atom. The van der Waals surface area contributed by atoms with Crippen molar-refractivity contribution in [3.8, 4) is 0 Å². The van der Waals surface area contributed by atoms with E-state index in [0.717, 1.165) is 15.7 Å². The zero-order valence-corrected chi connectivity index (χ0v) is 16.7. The number of hydrogen-bond donors (Lipinski definition) is 3. The van der Waals surface area contributed by atoms with E-state index in [-0.39, 0.29) is 11.8 Å². The highest BCUT2D eigenvalue weighted by Gasteiger charge is 2.42. The Hall–Kier alpha value is -1.96. The summed E-state index contributed by atoms with van der Waals surface area (Å²) in [6.45, 7) is 1.85. The van der Waals surface area contributed by atoms with E-state index in [1.165, 1.54) is 11.8 Å². The lowest BCUT2D eigenvalue weighted by Crippen LogP contribution is -2.43. The van der Waals surface area contributed by atoms with Gasteiger partial charge in [-0.25, -0.2) is 0 Å². The highest BCUT2D eigenvalue weighted by Crippen LogP contribution is 2.45. The van der Waals surface area contributed by atoms with E-state index in [9.17, 15) is 9.59 Å². The molecule has 132 valence electrons. The van der Waals surface area contributed by atoms with Crippen LogP contribution in [0.3, 0.4) is 0 Å². The summed E-state index contributed by atoms with van der Waals surface area (Å²) in [5.74, 6) is -0.552. The molecule has 0 bridgehead atoms. The lowest BCUT2D eigenvalue weighted by atomic mass is 10.1. The number of rotatable bonds is 2. The van der Waals surface area contributed by atoms with Gasteiger partial charge < -0.3 is 16.0 Å². The molecular formula is C18H13BrClN3O2S. The second-order valence-electron chi connectivity index (χ2n) is 6.07. The van der Waals surface area contributed by atoms with Crippen molar-refractivity contribution >= 4 is 68.1 Å². The van der Waals surface area contributed by atoms with Gasteiger partial charge in [0.2, 0.25) is 0 Å². The van der Waals surface area contributed by atoms with Crippen molar-refractivity contribution in [2.75, 3.05) is 10.6 Å². The average Bonchev–Trinajstić information content (AvgIpc) is 3.04. The average molecular weight is 451 g/mol. The Labute approximate surface area is 167 Å². The number of benzene rings is 2. The van der Waals surface area contributed by atoms with E-state index in [0.29, 0.717) is 21.2 Å². The molecule has 2 aliphatic rings. The zero-order chi connectivity index (χ0) is 18.5. The molecule has 26 heavy (non-hydrogen) atoms. The minimum Gasteiger partial charge on any atom is -0.354 e. The van der Waals surface area contributed by atoms with Crippen LogP contribution in [0, 0.1) is 0 Å². The van der Waals surface area contributed by atoms with Crippen LogP contribution in [0.4, 0.5) is 11.4 Å². The second kappa shape index (κ2) is 6.33. The molecule has 2 aromatic carbocycles. The highest BCUT2D eigenvalue weighted by atomic mass is 79.9. The summed E-state index contributed by atoms with van der Waals surface area (Å²) in [6, 6.07) is 12.7. The minimum atomic E-state index is -0.776. The fraction of sp³-hybridized carbons (Fsp3) is 0.111. The van der Waals surface area contributed by atoms with Crippen LogP contribution in [0.1, 0.15) is 12.5 Å². The topological polar surface area (TPSA) is 70.2 Å². The number of amides is 2. The number of carbonyl (C=O) groups is 2. The smallest absolute Gasteiger partial charge is 0.261 e. The van der Waals surface area contributed by atoms with E-state index < -0.39 is 4.99 Å². The van der Waals surface area contributed by atoms with Gasteiger partial charge in [-0.15, -0.1) is 0 Å². The van der Waals surface area contributed by atoms with Crippen molar-refractivity contribution in [1.82, 2.24) is 5.32 Å². The van der Waals surface area contributed by atoms with Gasteiger partial charge in [0.25, 0.3) is 11.8 Å². The maximum absolute atomic E-state index is 12.6. The third-order valence-electron chi connectivity index (χ3n) is 4.04. The van der Waals surface area contributed by atoms with Crippen LogP contribution in [0.2, 0.25) is 5.02 Å². The van der Waals surface area contributed by atoms with Crippen molar-refractivity contribution in [3.63, 3.8) is 0 Å². The van der Waals surface area contributed by atoms with Gasteiger partial charge >= 0.3 is 0 Å². The lowest BCUT2D eigenvalue weighted by molar-refractivity contribution is -0.117. The summed E-state index contributed by atoms with van der Waals surface area (Å²) in [5, 5.41) is 9.64. The van der Waals surface area contributed by atoms with E-state index >= 15 is 0 Å². The van der Waals surface area contributed by atoms with Crippen LogP contribution in [-0.2, 0) is 9.59 Å². The zero-order valence-electron chi connectivity index (χ0n) is 13.5. The Balaban J connectivity index is 1.70. The fourth-order valence-corrected chi connectivity index (χ4v) is 4.60. The number of nitrogens with one attached hydrogen (secondary N) is 3. The monoisotopic (exact) mass is 449 g/mol. The van der Waals surface area contributed by atoms with Crippen molar-refractivity contribution < 1.29 is 9.59 Å². The van der Waals surface area contributed by atoms with Crippen LogP contribution < -0.4 is 16.0 Å². The Morgan fingerprint density at radius 2 is 1.85 bits per heavy atom. The largest absolute Gasteiger partial charge is 0.354 e. The summed E-state index contributed by atoms with van der Waals surface area (Å²) >= 11 is 10.6. The third-order valence-corrected chi connectivity index (χ3v) is 6.00. The quantitative estimate of drug-likeness (QED) is 0.593. The van der Waals surface area contributed by atoms with Gasteiger partial charge in [0.1, 0.15) is 0 Å². The minimum absolute atomic E-state index is 0.272. The number of fused-ring (bicyclic) bond motifs is 1. The molecule has 0 aliphatic carbocycles. The van der Waals surface area contributed by atoms with Crippen LogP contribution in [0.5, 0.6) is 0 Å². The van der Waals surface area contributed by atoms with E-state index in [4.69, 9.17) is 11.6 Å². The Bertz CT molecular complexity index is 977. The van der Waals surface area contributed by atoms with Crippen molar-refractivity contribution in [2.45, 2.75) is 11.9 Å². The predicted octanol–water partition coefficient (Wildman–Crippen LogP) is 4.41. The maximum Gasteiger partial charge on any atom is 0.261 e. The number of halogens is 2. The fourth-order valence-electron chi connectivity index (χ4n) is 2.94. The summed E-state index contributed by atoms with van der Waals surface area (Å²) in [6.07, 6.45) is 0. The third kappa shape index (κ3) is 3.11. The molecule has 0 aromatic heterocycles. The molecule has 0 spiro atoms. The highest BCUT2D eigenvalue weighted by molar-refractivity contribution is 9.10. The number of anilines is 2. The molecule has 0 radical (unpaired) electrons. The van der Waals surface area contributed by atoms with Crippen LogP contribution in [0.15, 0.2) is 51.8 Å². The van der Waals surface area contributed by atoms with Gasteiger partial charge in [0.15, 0.2) is 4.99 Å². The van der Waals surface area contributed by atoms with Gasteiger partial charge in [-0.3, -0.25) is 9.59 Å². The Morgan fingerprint density at radius 1 is 1.12 bits per heavy atom. The van der Waals surface area contributed by atoms with Crippen molar-refractivity contribution in [1.29, 1.82) is 0 Å². The molecule has 2 aromatic rings. The molecule has 5 nitrogen and oxygen atoms in total. The van der Waals surface area contributed by atoms with Crippen LogP contribution in [0.25, 0.3) is 5.57 Å². The van der Waals surface area contributed by atoms with Crippen molar-refractivity contribution in [3.05, 3.63) is 62.4 Å². The standard InChI is InChI=1S/C18H13BrClN3O2S/c1-18(22-11-5-3-10(20)4-6-11)23-17(25)15(26-18)14-12-8-9(19)2-7-13(12)21-16(14)24/h2-8,22H,1H3,(H,21,24)(H,23,25). The molecule has 3 N–H and O–H groups in total.